The third kappa shape index (κ3) is 6.02. The summed E-state index contributed by atoms with van der Waals surface area (Å²) < 4.78 is 16.0. The number of allylic oxidation sites excluding steroid dienone is 2. The zero-order chi connectivity index (χ0) is 27.1. The summed E-state index contributed by atoms with van der Waals surface area (Å²) >= 11 is 1.18. The zero-order valence-electron chi connectivity index (χ0n) is 21.0. The van der Waals surface area contributed by atoms with Crippen molar-refractivity contribution in [2.75, 3.05) is 30.6 Å². The van der Waals surface area contributed by atoms with Crippen LogP contribution in [0.1, 0.15) is 18.6 Å². The SMILES string of the molecule is COc1ccc(NC(=O)C2=C(C)NC(SCC(=O)Nc3cccc(OC)c3)=C(C#N)[C@H]2c2ccco2)cc1. The van der Waals surface area contributed by atoms with Gasteiger partial charge < -0.3 is 29.8 Å². The van der Waals surface area contributed by atoms with Crippen molar-refractivity contribution in [3.63, 3.8) is 0 Å². The molecule has 0 saturated carbocycles. The molecule has 2 heterocycles. The van der Waals surface area contributed by atoms with Crippen molar-refractivity contribution in [2.45, 2.75) is 12.8 Å². The van der Waals surface area contributed by atoms with Gasteiger partial charge in [-0.3, -0.25) is 9.59 Å². The molecule has 0 bridgehead atoms. The van der Waals surface area contributed by atoms with Gasteiger partial charge in [0.2, 0.25) is 5.91 Å². The van der Waals surface area contributed by atoms with Crippen LogP contribution in [-0.4, -0.2) is 31.8 Å². The van der Waals surface area contributed by atoms with E-state index in [1.807, 2.05) is 0 Å². The second kappa shape index (κ2) is 12.1. The lowest BCUT2D eigenvalue weighted by Crippen LogP contribution is -2.31. The number of carbonyl (C=O) groups is 2. The highest BCUT2D eigenvalue weighted by Gasteiger charge is 2.36. The van der Waals surface area contributed by atoms with E-state index in [0.29, 0.717) is 44.9 Å². The normalized spacial score (nSPS) is 14.8. The Morgan fingerprint density at radius 3 is 2.45 bits per heavy atom. The molecular formula is C28H26N4O5S. The molecule has 0 spiro atoms. The molecule has 2 aromatic carbocycles. The summed E-state index contributed by atoms with van der Waals surface area (Å²) in [5, 5.41) is 19.5. The number of benzene rings is 2. The van der Waals surface area contributed by atoms with Gasteiger partial charge in [-0.1, -0.05) is 17.8 Å². The maximum atomic E-state index is 13.4. The maximum absolute atomic E-state index is 13.4. The Bertz CT molecular complexity index is 1420. The fraction of sp³-hybridized carbons (Fsp3) is 0.179. The summed E-state index contributed by atoms with van der Waals surface area (Å²) in [4.78, 5) is 26.1. The molecule has 3 aromatic rings. The van der Waals surface area contributed by atoms with Crippen LogP contribution in [0.15, 0.2) is 93.2 Å². The van der Waals surface area contributed by atoms with Crippen molar-refractivity contribution < 1.29 is 23.5 Å². The molecule has 0 radical (unpaired) electrons. The molecule has 3 N–H and O–H groups in total. The number of rotatable bonds is 9. The molecule has 0 unspecified atom stereocenters. The Kier molecular flexibility index (Phi) is 8.40. The fourth-order valence-corrected chi connectivity index (χ4v) is 4.87. The van der Waals surface area contributed by atoms with E-state index < -0.39 is 5.92 Å². The summed E-state index contributed by atoms with van der Waals surface area (Å²) in [6, 6.07) is 19.6. The van der Waals surface area contributed by atoms with E-state index in [1.54, 1.807) is 81.8 Å². The summed E-state index contributed by atoms with van der Waals surface area (Å²) in [6.07, 6.45) is 1.50. The number of furan rings is 1. The van der Waals surface area contributed by atoms with Crippen LogP contribution >= 0.6 is 11.8 Å². The van der Waals surface area contributed by atoms with Gasteiger partial charge in [0, 0.05) is 23.1 Å². The van der Waals surface area contributed by atoms with Crippen molar-refractivity contribution in [1.29, 1.82) is 5.26 Å². The van der Waals surface area contributed by atoms with Gasteiger partial charge in [0.05, 0.1) is 54.4 Å². The van der Waals surface area contributed by atoms with Crippen LogP contribution in [0, 0.1) is 11.3 Å². The monoisotopic (exact) mass is 530 g/mol. The molecule has 0 aliphatic carbocycles. The van der Waals surface area contributed by atoms with E-state index in [9.17, 15) is 14.9 Å². The highest BCUT2D eigenvalue weighted by atomic mass is 32.2. The zero-order valence-corrected chi connectivity index (χ0v) is 21.8. The Morgan fingerprint density at radius 2 is 1.79 bits per heavy atom. The van der Waals surface area contributed by atoms with Gasteiger partial charge in [-0.25, -0.2) is 0 Å². The second-order valence-electron chi connectivity index (χ2n) is 8.22. The van der Waals surface area contributed by atoms with Crippen molar-refractivity contribution in [2.24, 2.45) is 0 Å². The minimum absolute atomic E-state index is 0.0380. The number of amides is 2. The van der Waals surface area contributed by atoms with Crippen molar-refractivity contribution in [3.8, 4) is 17.6 Å². The number of nitrogens with zero attached hydrogens (tertiary/aromatic N) is 1. The first-order chi connectivity index (χ1) is 18.4. The smallest absolute Gasteiger partial charge is 0.254 e. The lowest BCUT2D eigenvalue weighted by Gasteiger charge is -2.28. The summed E-state index contributed by atoms with van der Waals surface area (Å²) in [7, 11) is 3.12. The molecule has 9 nitrogen and oxygen atoms in total. The van der Waals surface area contributed by atoms with E-state index >= 15 is 0 Å². The van der Waals surface area contributed by atoms with E-state index in [2.05, 4.69) is 22.0 Å². The molecule has 0 saturated heterocycles. The number of nitrogens with one attached hydrogen (secondary N) is 3. The van der Waals surface area contributed by atoms with Gasteiger partial charge >= 0.3 is 0 Å². The Hall–Kier alpha value is -4.62. The average Bonchev–Trinajstić information content (AvgIpc) is 3.46. The number of hydrogen-bond donors (Lipinski definition) is 3. The van der Waals surface area contributed by atoms with Gasteiger partial charge in [-0.2, -0.15) is 5.26 Å². The fourth-order valence-electron chi connectivity index (χ4n) is 3.98. The van der Waals surface area contributed by atoms with E-state index in [0.717, 1.165) is 0 Å². The number of carbonyl (C=O) groups excluding carboxylic acids is 2. The first kappa shape index (κ1) is 26.4. The first-order valence-corrected chi connectivity index (χ1v) is 12.6. The van der Waals surface area contributed by atoms with Crippen molar-refractivity contribution >= 4 is 35.0 Å². The largest absolute Gasteiger partial charge is 0.497 e. The van der Waals surface area contributed by atoms with Crippen LogP contribution in [-0.2, 0) is 9.59 Å². The first-order valence-electron chi connectivity index (χ1n) is 11.6. The Labute approximate surface area is 224 Å². The summed E-state index contributed by atoms with van der Waals surface area (Å²) in [6.45, 7) is 1.75. The third-order valence-electron chi connectivity index (χ3n) is 5.77. The van der Waals surface area contributed by atoms with Crippen LogP contribution in [0.2, 0.25) is 0 Å². The lowest BCUT2D eigenvalue weighted by molar-refractivity contribution is -0.114. The van der Waals surface area contributed by atoms with Crippen LogP contribution in [0.4, 0.5) is 11.4 Å². The predicted octanol–water partition coefficient (Wildman–Crippen LogP) is 5.00. The Morgan fingerprint density at radius 1 is 1.03 bits per heavy atom. The minimum Gasteiger partial charge on any atom is -0.497 e. The molecular weight excluding hydrogens is 504 g/mol. The molecule has 1 aliphatic rings. The number of ether oxygens (including phenoxy) is 2. The van der Waals surface area contributed by atoms with Gasteiger partial charge in [-0.15, -0.1) is 0 Å². The van der Waals surface area contributed by atoms with Gasteiger partial charge in [0.1, 0.15) is 17.3 Å². The minimum atomic E-state index is -0.751. The second-order valence-corrected chi connectivity index (χ2v) is 9.20. The summed E-state index contributed by atoms with van der Waals surface area (Å²) in [5.74, 6) is 0.387. The van der Waals surface area contributed by atoms with Gasteiger partial charge in [-0.05, 0) is 55.5 Å². The highest BCUT2D eigenvalue weighted by molar-refractivity contribution is 8.03. The van der Waals surface area contributed by atoms with Crippen LogP contribution in [0.5, 0.6) is 11.5 Å². The van der Waals surface area contributed by atoms with E-state index in [1.165, 1.54) is 18.0 Å². The highest BCUT2D eigenvalue weighted by Crippen LogP contribution is 2.41. The lowest BCUT2D eigenvalue weighted by atomic mass is 9.85. The van der Waals surface area contributed by atoms with Crippen molar-refractivity contribution in [3.05, 3.63) is 94.6 Å². The molecule has 38 heavy (non-hydrogen) atoms. The average molecular weight is 531 g/mol. The molecule has 10 heteroatoms. The molecule has 2 amide bonds. The van der Waals surface area contributed by atoms with E-state index in [4.69, 9.17) is 13.9 Å². The molecule has 1 aliphatic heterocycles. The number of methoxy groups -OCH3 is 2. The van der Waals surface area contributed by atoms with Crippen LogP contribution < -0.4 is 25.4 Å². The molecule has 1 atom stereocenters. The van der Waals surface area contributed by atoms with Crippen LogP contribution in [0.25, 0.3) is 0 Å². The standard InChI is InChI=1S/C28H26N4O5S/c1-17-25(27(34)32-18-9-11-20(35-2)12-10-18)26(23-8-5-13-37-23)22(15-29)28(30-17)38-16-24(33)31-19-6-4-7-21(14-19)36-3/h4-14,26,30H,16H2,1-3H3,(H,31,33)(H,32,34)/t26-/m0/s1. The number of thioether (sulfide) groups is 1. The third-order valence-corrected chi connectivity index (χ3v) is 6.79. The van der Waals surface area contributed by atoms with Gasteiger partial charge in [0.25, 0.3) is 5.91 Å². The number of dihydropyridines is 1. The van der Waals surface area contributed by atoms with E-state index in [-0.39, 0.29) is 23.1 Å². The predicted molar refractivity (Wildman–Crippen MR) is 146 cm³/mol. The van der Waals surface area contributed by atoms with Crippen LogP contribution in [0.3, 0.4) is 0 Å². The quantitative estimate of drug-likeness (QED) is 0.353. The Balaban J connectivity index is 1.55. The van der Waals surface area contributed by atoms with Crippen molar-refractivity contribution in [1.82, 2.24) is 5.32 Å². The maximum Gasteiger partial charge on any atom is 0.254 e. The topological polar surface area (TPSA) is 126 Å². The molecule has 1 aromatic heterocycles. The van der Waals surface area contributed by atoms with Gasteiger partial charge in [0.15, 0.2) is 0 Å². The molecule has 4 rings (SSSR count). The number of anilines is 2. The molecule has 194 valence electrons. The number of nitriles is 1. The summed E-state index contributed by atoms with van der Waals surface area (Å²) in [5.41, 5.74) is 2.35. The molecule has 0 fully saturated rings. The number of hydrogen-bond acceptors (Lipinski definition) is 8.